The summed E-state index contributed by atoms with van der Waals surface area (Å²) in [6.07, 6.45) is 2.52. The number of nitrogens with zero attached hydrogens (tertiary/aromatic N) is 1. The van der Waals surface area contributed by atoms with Gasteiger partial charge in [0.05, 0.1) is 11.4 Å². The van der Waals surface area contributed by atoms with E-state index in [0.717, 1.165) is 36.4 Å². The van der Waals surface area contributed by atoms with Gasteiger partial charge in [0.2, 0.25) is 5.91 Å². The van der Waals surface area contributed by atoms with Crippen LogP contribution in [-0.2, 0) is 11.2 Å². The van der Waals surface area contributed by atoms with Crippen LogP contribution in [0.3, 0.4) is 0 Å². The third-order valence-corrected chi connectivity index (χ3v) is 3.84. The molecule has 2 rings (SSSR count). The summed E-state index contributed by atoms with van der Waals surface area (Å²) in [5.41, 5.74) is 9.96. The molecule has 0 spiro atoms. The van der Waals surface area contributed by atoms with Crippen LogP contribution in [0.4, 0.5) is 17.1 Å². The Morgan fingerprint density at radius 1 is 1.42 bits per heavy atom. The molecule has 4 heteroatoms. The molecular weight excluding hydrogens is 238 g/mol. The van der Waals surface area contributed by atoms with Crippen molar-refractivity contribution < 1.29 is 4.79 Å². The number of rotatable bonds is 4. The van der Waals surface area contributed by atoms with Crippen LogP contribution in [0.1, 0.15) is 32.3 Å². The molecule has 1 aliphatic rings. The number of benzene rings is 1. The van der Waals surface area contributed by atoms with Gasteiger partial charge in [0.15, 0.2) is 0 Å². The summed E-state index contributed by atoms with van der Waals surface area (Å²) in [7, 11) is 2.08. The van der Waals surface area contributed by atoms with Gasteiger partial charge in [-0.1, -0.05) is 20.3 Å². The van der Waals surface area contributed by atoms with E-state index in [1.165, 1.54) is 5.56 Å². The second-order valence-electron chi connectivity index (χ2n) is 5.51. The normalized spacial score (nSPS) is 15.6. The summed E-state index contributed by atoms with van der Waals surface area (Å²) < 4.78 is 0. The molecule has 1 atom stereocenters. The van der Waals surface area contributed by atoms with Gasteiger partial charge >= 0.3 is 0 Å². The van der Waals surface area contributed by atoms with E-state index in [1.807, 2.05) is 6.07 Å². The molecule has 1 amide bonds. The van der Waals surface area contributed by atoms with Crippen molar-refractivity contribution in [3.05, 3.63) is 17.7 Å². The van der Waals surface area contributed by atoms with E-state index in [9.17, 15) is 4.79 Å². The van der Waals surface area contributed by atoms with Crippen molar-refractivity contribution in [3.8, 4) is 0 Å². The smallest absolute Gasteiger partial charge is 0.224 e. The largest absolute Gasteiger partial charge is 0.397 e. The van der Waals surface area contributed by atoms with E-state index in [0.29, 0.717) is 12.3 Å². The maximum atomic E-state index is 11.4. The van der Waals surface area contributed by atoms with E-state index >= 15 is 0 Å². The molecule has 0 saturated carbocycles. The summed E-state index contributed by atoms with van der Waals surface area (Å²) in [6, 6.07) is 4.00. The van der Waals surface area contributed by atoms with Crippen molar-refractivity contribution in [2.24, 2.45) is 5.92 Å². The Bertz CT molecular complexity index is 485. The van der Waals surface area contributed by atoms with Gasteiger partial charge < -0.3 is 16.0 Å². The number of hydrogen-bond donors (Lipinski definition) is 2. The Morgan fingerprint density at radius 2 is 2.16 bits per heavy atom. The second-order valence-corrected chi connectivity index (χ2v) is 5.51. The SMILES string of the molecule is CCC(C)CN(C)c1cc2c(cc1N)NC(=O)CC2. The van der Waals surface area contributed by atoms with Crippen molar-refractivity contribution in [2.45, 2.75) is 33.1 Å². The fourth-order valence-corrected chi connectivity index (χ4v) is 2.46. The monoisotopic (exact) mass is 261 g/mol. The lowest BCUT2D eigenvalue weighted by molar-refractivity contribution is -0.116. The van der Waals surface area contributed by atoms with Gasteiger partial charge in [-0.05, 0) is 30.0 Å². The minimum absolute atomic E-state index is 0.0765. The van der Waals surface area contributed by atoms with Gasteiger partial charge in [0, 0.05) is 25.7 Å². The molecule has 0 saturated heterocycles. The van der Waals surface area contributed by atoms with Crippen LogP contribution in [0.25, 0.3) is 0 Å². The zero-order chi connectivity index (χ0) is 14.0. The third-order valence-electron chi connectivity index (χ3n) is 3.84. The van der Waals surface area contributed by atoms with Crippen molar-refractivity contribution in [1.29, 1.82) is 0 Å². The molecule has 4 nitrogen and oxygen atoms in total. The summed E-state index contributed by atoms with van der Waals surface area (Å²) in [5.74, 6) is 0.716. The first-order chi connectivity index (χ1) is 9.01. The van der Waals surface area contributed by atoms with Crippen molar-refractivity contribution >= 4 is 23.0 Å². The number of carbonyl (C=O) groups is 1. The van der Waals surface area contributed by atoms with Gasteiger partial charge in [-0.2, -0.15) is 0 Å². The minimum atomic E-state index is 0.0765. The fraction of sp³-hybridized carbons (Fsp3) is 0.533. The Balaban J connectivity index is 2.24. The minimum Gasteiger partial charge on any atom is -0.397 e. The zero-order valence-corrected chi connectivity index (χ0v) is 12.0. The quantitative estimate of drug-likeness (QED) is 0.819. The molecule has 0 bridgehead atoms. The summed E-state index contributed by atoms with van der Waals surface area (Å²) in [5, 5.41) is 2.88. The number of hydrogen-bond acceptors (Lipinski definition) is 3. The Labute approximate surface area is 115 Å². The molecule has 0 radical (unpaired) electrons. The summed E-state index contributed by atoms with van der Waals surface area (Å²) in [6.45, 7) is 5.43. The number of aryl methyl sites for hydroxylation is 1. The number of anilines is 3. The second kappa shape index (κ2) is 5.51. The predicted molar refractivity (Wildman–Crippen MR) is 80.5 cm³/mol. The summed E-state index contributed by atoms with van der Waals surface area (Å²) >= 11 is 0. The van der Waals surface area contributed by atoms with E-state index < -0.39 is 0 Å². The van der Waals surface area contributed by atoms with Crippen LogP contribution in [-0.4, -0.2) is 19.5 Å². The maximum Gasteiger partial charge on any atom is 0.224 e. The molecule has 0 aliphatic carbocycles. The van der Waals surface area contributed by atoms with Crippen LogP contribution < -0.4 is 16.0 Å². The maximum absolute atomic E-state index is 11.4. The molecule has 1 aliphatic heterocycles. The molecule has 19 heavy (non-hydrogen) atoms. The fourth-order valence-electron chi connectivity index (χ4n) is 2.46. The van der Waals surface area contributed by atoms with Gasteiger partial charge in [0.25, 0.3) is 0 Å². The van der Waals surface area contributed by atoms with Crippen LogP contribution in [0, 0.1) is 5.92 Å². The van der Waals surface area contributed by atoms with E-state index in [-0.39, 0.29) is 5.91 Å². The van der Waals surface area contributed by atoms with E-state index in [4.69, 9.17) is 5.73 Å². The average Bonchev–Trinajstić information content (AvgIpc) is 2.37. The topological polar surface area (TPSA) is 58.4 Å². The molecule has 1 unspecified atom stereocenters. The molecule has 1 heterocycles. The van der Waals surface area contributed by atoms with E-state index in [1.54, 1.807) is 0 Å². The molecule has 0 fully saturated rings. The van der Waals surface area contributed by atoms with Crippen LogP contribution in [0.2, 0.25) is 0 Å². The van der Waals surface area contributed by atoms with E-state index in [2.05, 4.69) is 37.2 Å². The van der Waals surface area contributed by atoms with Crippen LogP contribution >= 0.6 is 0 Å². The van der Waals surface area contributed by atoms with Crippen LogP contribution in [0.5, 0.6) is 0 Å². The van der Waals surface area contributed by atoms with Gasteiger partial charge in [0.1, 0.15) is 0 Å². The third kappa shape index (κ3) is 3.00. The number of nitrogen functional groups attached to an aromatic ring is 1. The van der Waals surface area contributed by atoms with Gasteiger partial charge in [-0.25, -0.2) is 0 Å². The first-order valence-electron chi connectivity index (χ1n) is 6.94. The first-order valence-corrected chi connectivity index (χ1v) is 6.94. The Hall–Kier alpha value is -1.71. The van der Waals surface area contributed by atoms with Gasteiger partial charge in [-0.3, -0.25) is 4.79 Å². The molecular formula is C15H23N3O. The first kappa shape index (κ1) is 13.7. The molecule has 0 aromatic heterocycles. The number of fused-ring (bicyclic) bond motifs is 1. The van der Waals surface area contributed by atoms with Gasteiger partial charge in [-0.15, -0.1) is 0 Å². The number of carbonyl (C=O) groups excluding carboxylic acids is 1. The average molecular weight is 261 g/mol. The van der Waals surface area contributed by atoms with Crippen molar-refractivity contribution in [2.75, 3.05) is 29.5 Å². The molecule has 1 aromatic carbocycles. The van der Waals surface area contributed by atoms with Crippen LogP contribution in [0.15, 0.2) is 12.1 Å². The molecule has 3 N–H and O–H groups in total. The lowest BCUT2D eigenvalue weighted by atomic mass is 10.0. The highest BCUT2D eigenvalue weighted by Gasteiger charge is 2.18. The Kier molecular flexibility index (Phi) is 3.98. The highest BCUT2D eigenvalue weighted by atomic mass is 16.1. The standard InChI is InChI=1S/C15H23N3O/c1-4-10(2)9-18(3)14-7-11-5-6-15(19)17-13(11)8-12(14)16/h7-8,10H,4-6,9,16H2,1-3H3,(H,17,19). The zero-order valence-electron chi connectivity index (χ0n) is 12.0. The van der Waals surface area contributed by atoms with Crippen molar-refractivity contribution in [1.82, 2.24) is 0 Å². The summed E-state index contributed by atoms with van der Waals surface area (Å²) in [4.78, 5) is 13.6. The number of amides is 1. The highest BCUT2D eigenvalue weighted by molar-refractivity contribution is 5.95. The predicted octanol–water partition coefficient (Wildman–Crippen LogP) is 2.64. The molecule has 104 valence electrons. The lowest BCUT2D eigenvalue weighted by Gasteiger charge is -2.27. The lowest BCUT2D eigenvalue weighted by Crippen LogP contribution is -2.25. The number of nitrogens with two attached hydrogens (primary N) is 1. The Morgan fingerprint density at radius 3 is 2.84 bits per heavy atom. The molecule has 1 aromatic rings. The van der Waals surface area contributed by atoms with Crippen molar-refractivity contribution in [3.63, 3.8) is 0 Å². The number of nitrogens with one attached hydrogen (secondary N) is 1. The highest BCUT2D eigenvalue weighted by Crippen LogP contribution is 2.33.